The van der Waals surface area contributed by atoms with Gasteiger partial charge >= 0.3 is 0 Å². The standard InChI is InChI=1S/C15H25N5OS/c1-12-5-7-13(8-6-12)17-11-14(21)18-19-15(22)16-9-4-10-20(2)3/h5-8,17H,4,9-11H2,1-3H3,(H,18,21)(H2,16,19,22)/p+1. The van der Waals surface area contributed by atoms with E-state index >= 15 is 0 Å². The van der Waals surface area contributed by atoms with Crippen molar-refractivity contribution in [3.8, 4) is 0 Å². The fourth-order valence-electron chi connectivity index (χ4n) is 1.71. The molecule has 7 heteroatoms. The molecule has 122 valence electrons. The molecule has 0 aliphatic heterocycles. The molecule has 0 saturated carbocycles. The highest BCUT2D eigenvalue weighted by atomic mass is 32.1. The van der Waals surface area contributed by atoms with Gasteiger partial charge in [0.15, 0.2) is 5.11 Å². The smallest absolute Gasteiger partial charge is 0.257 e. The van der Waals surface area contributed by atoms with E-state index < -0.39 is 0 Å². The third kappa shape index (κ3) is 8.43. The van der Waals surface area contributed by atoms with Gasteiger partial charge in [0.1, 0.15) is 0 Å². The Morgan fingerprint density at radius 3 is 2.50 bits per heavy atom. The number of hydrogen-bond donors (Lipinski definition) is 5. The highest BCUT2D eigenvalue weighted by molar-refractivity contribution is 7.80. The van der Waals surface area contributed by atoms with E-state index in [4.69, 9.17) is 12.2 Å². The predicted molar refractivity (Wildman–Crippen MR) is 93.8 cm³/mol. The van der Waals surface area contributed by atoms with Gasteiger partial charge in [-0.05, 0) is 31.3 Å². The number of anilines is 1. The molecule has 0 aliphatic rings. The van der Waals surface area contributed by atoms with Gasteiger partial charge in [0, 0.05) is 18.7 Å². The van der Waals surface area contributed by atoms with Gasteiger partial charge in [-0.2, -0.15) is 0 Å². The molecule has 0 spiro atoms. The zero-order valence-corrected chi connectivity index (χ0v) is 14.3. The van der Waals surface area contributed by atoms with Gasteiger partial charge in [-0.3, -0.25) is 15.6 Å². The van der Waals surface area contributed by atoms with Crippen LogP contribution in [0.25, 0.3) is 0 Å². The molecule has 0 heterocycles. The molecule has 0 aromatic heterocycles. The minimum absolute atomic E-state index is 0.178. The van der Waals surface area contributed by atoms with Crippen LogP contribution >= 0.6 is 12.2 Å². The van der Waals surface area contributed by atoms with Crippen LogP contribution in [0.5, 0.6) is 0 Å². The predicted octanol–water partition coefficient (Wildman–Crippen LogP) is -0.563. The SMILES string of the molecule is Cc1ccc(NCC(=O)NNC(=S)NCCC[NH+](C)C)cc1. The second-order valence-corrected chi connectivity index (χ2v) is 5.87. The molecule has 0 saturated heterocycles. The van der Waals surface area contributed by atoms with Gasteiger partial charge in [0.05, 0.1) is 27.2 Å². The highest BCUT2D eigenvalue weighted by Crippen LogP contribution is 2.07. The molecular weight excluding hydrogens is 298 g/mol. The number of hydrogen-bond acceptors (Lipinski definition) is 3. The van der Waals surface area contributed by atoms with Crippen LogP contribution in [-0.2, 0) is 4.79 Å². The lowest BCUT2D eigenvalue weighted by atomic mass is 10.2. The molecule has 1 amide bonds. The Kier molecular flexibility index (Phi) is 8.24. The first-order chi connectivity index (χ1) is 10.5. The molecule has 5 N–H and O–H groups in total. The average Bonchev–Trinajstić information content (AvgIpc) is 2.48. The van der Waals surface area contributed by atoms with E-state index in [-0.39, 0.29) is 12.5 Å². The lowest BCUT2D eigenvalue weighted by Crippen LogP contribution is -3.05. The van der Waals surface area contributed by atoms with E-state index in [1.165, 1.54) is 10.5 Å². The maximum Gasteiger partial charge on any atom is 0.257 e. The van der Waals surface area contributed by atoms with Crippen LogP contribution in [0, 0.1) is 6.92 Å². The number of nitrogens with one attached hydrogen (secondary N) is 5. The van der Waals surface area contributed by atoms with Crippen molar-refractivity contribution in [1.29, 1.82) is 0 Å². The second kappa shape index (κ2) is 9.97. The third-order valence-electron chi connectivity index (χ3n) is 2.96. The first-order valence-corrected chi connectivity index (χ1v) is 7.80. The molecule has 0 unspecified atom stereocenters. The van der Waals surface area contributed by atoms with Gasteiger partial charge in [0.2, 0.25) is 0 Å². The van der Waals surface area contributed by atoms with E-state index in [9.17, 15) is 4.79 Å². The molecule has 1 aromatic rings. The Bertz CT molecular complexity index is 475. The topological polar surface area (TPSA) is 69.6 Å². The summed E-state index contributed by atoms with van der Waals surface area (Å²) in [7, 11) is 4.22. The van der Waals surface area contributed by atoms with Gasteiger partial charge in [-0.25, -0.2) is 0 Å². The van der Waals surface area contributed by atoms with E-state index in [1.807, 2.05) is 31.2 Å². The number of thiocarbonyl (C=S) groups is 1. The zero-order valence-electron chi connectivity index (χ0n) is 13.5. The molecule has 0 fully saturated rings. The van der Waals surface area contributed by atoms with Crippen LogP contribution in [0.2, 0.25) is 0 Å². The quantitative estimate of drug-likeness (QED) is 0.264. The van der Waals surface area contributed by atoms with Crippen molar-refractivity contribution >= 4 is 28.9 Å². The minimum Gasteiger partial charge on any atom is -0.376 e. The Hall–Kier alpha value is -1.86. The first-order valence-electron chi connectivity index (χ1n) is 7.39. The van der Waals surface area contributed by atoms with Crippen LogP contribution < -0.4 is 26.4 Å². The van der Waals surface area contributed by atoms with Crippen molar-refractivity contribution < 1.29 is 9.69 Å². The lowest BCUT2D eigenvalue weighted by Gasteiger charge is -2.13. The van der Waals surface area contributed by atoms with E-state index in [0.29, 0.717) is 5.11 Å². The van der Waals surface area contributed by atoms with Crippen LogP contribution in [0.3, 0.4) is 0 Å². The fourth-order valence-corrected chi connectivity index (χ4v) is 1.87. The number of quaternary nitrogens is 1. The zero-order chi connectivity index (χ0) is 16.4. The van der Waals surface area contributed by atoms with Crippen molar-refractivity contribution in [3.63, 3.8) is 0 Å². The highest BCUT2D eigenvalue weighted by Gasteiger charge is 2.02. The summed E-state index contributed by atoms with van der Waals surface area (Å²) >= 11 is 5.08. The Morgan fingerprint density at radius 2 is 1.86 bits per heavy atom. The Labute approximate surface area is 137 Å². The van der Waals surface area contributed by atoms with Crippen molar-refractivity contribution in [2.24, 2.45) is 0 Å². The number of carbonyl (C=O) groups is 1. The molecule has 1 rings (SSSR count). The number of benzene rings is 1. The number of aryl methyl sites for hydroxylation is 1. The molecule has 0 radical (unpaired) electrons. The molecule has 1 aromatic carbocycles. The maximum atomic E-state index is 11.7. The lowest BCUT2D eigenvalue weighted by molar-refractivity contribution is -0.858. The summed E-state index contributed by atoms with van der Waals surface area (Å²) in [6, 6.07) is 7.86. The fraction of sp³-hybridized carbons (Fsp3) is 0.467. The van der Waals surface area contributed by atoms with Gasteiger partial charge in [-0.15, -0.1) is 0 Å². The Balaban J connectivity index is 2.12. The van der Waals surface area contributed by atoms with Crippen molar-refractivity contribution in [2.45, 2.75) is 13.3 Å². The maximum absolute atomic E-state index is 11.7. The first kappa shape index (κ1) is 18.2. The largest absolute Gasteiger partial charge is 0.376 e. The molecule has 0 bridgehead atoms. The van der Waals surface area contributed by atoms with Gasteiger partial charge in [0.25, 0.3) is 5.91 Å². The summed E-state index contributed by atoms with van der Waals surface area (Å²) < 4.78 is 0. The minimum atomic E-state index is -0.178. The van der Waals surface area contributed by atoms with Gasteiger partial charge in [-0.1, -0.05) is 17.7 Å². The third-order valence-corrected chi connectivity index (χ3v) is 3.21. The van der Waals surface area contributed by atoms with Crippen LogP contribution in [-0.4, -0.2) is 44.7 Å². The van der Waals surface area contributed by atoms with E-state index in [0.717, 1.165) is 25.2 Å². The van der Waals surface area contributed by atoms with Crippen molar-refractivity contribution in [1.82, 2.24) is 16.2 Å². The van der Waals surface area contributed by atoms with E-state index in [1.54, 1.807) is 0 Å². The molecule has 6 nitrogen and oxygen atoms in total. The number of rotatable bonds is 7. The number of hydrazine groups is 1. The summed E-state index contributed by atoms with van der Waals surface area (Å²) in [6.45, 7) is 4.06. The molecule has 22 heavy (non-hydrogen) atoms. The Morgan fingerprint density at radius 1 is 1.18 bits per heavy atom. The monoisotopic (exact) mass is 324 g/mol. The summed E-state index contributed by atoms with van der Waals surface area (Å²) in [5, 5.41) is 6.52. The van der Waals surface area contributed by atoms with Crippen LogP contribution in [0.4, 0.5) is 5.69 Å². The van der Waals surface area contributed by atoms with Crippen molar-refractivity contribution in [2.75, 3.05) is 39.0 Å². The summed E-state index contributed by atoms with van der Waals surface area (Å²) in [5.41, 5.74) is 7.34. The number of carbonyl (C=O) groups excluding carboxylic acids is 1. The summed E-state index contributed by atoms with van der Waals surface area (Å²) in [4.78, 5) is 13.1. The summed E-state index contributed by atoms with van der Waals surface area (Å²) in [5.74, 6) is -0.178. The molecular formula is C15H26N5OS+. The molecule has 0 atom stereocenters. The van der Waals surface area contributed by atoms with Crippen LogP contribution in [0.15, 0.2) is 24.3 Å². The summed E-state index contributed by atoms with van der Waals surface area (Å²) in [6.07, 6.45) is 1.02. The molecule has 0 aliphatic carbocycles. The number of amides is 1. The van der Waals surface area contributed by atoms with Gasteiger partial charge < -0.3 is 15.5 Å². The van der Waals surface area contributed by atoms with Crippen molar-refractivity contribution in [3.05, 3.63) is 29.8 Å². The average molecular weight is 324 g/mol. The second-order valence-electron chi connectivity index (χ2n) is 5.46. The van der Waals surface area contributed by atoms with Crippen LogP contribution in [0.1, 0.15) is 12.0 Å². The van der Waals surface area contributed by atoms with E-state index in [2.05, 4.69) is 35.6 Å². The normalized spacial score (nSPS) is 10.2.